The Morgan fingerprint density at radius 3 is 2.59 bits per heavy atom. The Labute approximate surface area is 109 Å². The average Bonchev–Trinajstić information content (AvgIpc) is 3.06. The van der Waals surface area contributed by atoms with E-state index >= 15 is 0 Å². The third-order valence-electron chi connectivity index (χ3n) is 3.41. The van der Waals surface area contributed by atoms with Gasteiger partial charge in [-0.25, -0.2) is 4.98 Å². The van der Waals surface area contributed by atoms with Gasteiger partial charge in [-0.1, -0.05) is 27.7 Å². The Bertz CT molecular complexity index is 366. The van der Waals surface area contributed by atoms with Gasteiger partial charge in [-0.15, -0.1) is 11.3 Å². The van der Waals surface area contributed by atoms with E-state index in [0.717, 1.165) is 12.5 Å². The molecule has 0 aromatic carbocycles. The van der Waals surface area contributed by atoms with Crippen molar-refractivity contribution in [2.45, 2.75) is 71.4 Å². The molecule has 0 bridgehead atoms. The largest absolute Gasteiger partial charge is 0.310 e. The maximum absolute atomic E-state index is 4.90. The van der Waals surface area contributed by atoms with Crippen molar-refractivity contribution in [3.05, 3.63) is 15.6 Å². The lowest BCUT2D eigenvalue weighted by Gasteiger charge is -2.07. The molecule has 1 aromatic heterocycles. The molecule has 1 N–H and O–H groups in total. The van der Waals surface area contributed by atoms with Crippen LogP contribution in [0.2, 0.25) is 0 Å². The quantitative estimate of drug-likeness (QED) is 0.826. The Morgan fingerprint density at radius 1 is 1.35 bits per heavy atom. The second kappa shape index (κ2) is 5.49. The first-order valence-electron chi connectivity index (χ1n) is 6.84. The molecular weight excluding hydrogens is 228 g/mol. The third-order valence-corrected chi connectivity index (χ3v) is 4.72. The Hall–Kier alpha value is -0.410. The van der Waals surface area contributed by atoms with Gasteiger partial charge in [0, 0.05) is 29.3 Å². The van der Waals surface area contributed by atoms with Crippen LogP contribution < -0.4 is 5.32 Å². The number of thiazole rings is 1. The second-order valence-electron chi connectivity index (χ2n) is 5.48. The van der Waals surface area contributed by atoms with Gasteiger partial charge >= 0.3 is 0 Å². The molecule has 1 aliphatic rings. The number of nitrogens with one attached hydrogen (secondary N) is 1. The molecule has 17 heavy (non-hydrogen) atoms. The molecule has 96 valence electrons. The molecule has 2 nitrogen and oxygen atoms in total. The summed E-state index contributed by atoms with van der Waals surface area (Å²) in [7, 11) is 0. The molecule has 1 atom stereocenters. The van der Waals surface area contributed by atoms with Crippen LogP contribution in [0.3, 0.4) is 0 Å². The SMILES string of the molecule is CCC(C)c1nc(C2CC2)c(CNC(C)C)s1. The molecule has 0 saturated heterocycles. The highest BCUT2D eigenvalue weighted by Crippen LogP contribution is 2.43. The van der Waals surface area contributed by atoms with E-state index in [-0.39, 0.29) is 0 Å². The fourth-order valence-electron chi connectivity index (χ4n) is 1.87. The molecule has 0 radical (unpaired) electrons. The van der Waals surface area contributed by atoms with E-state index < -0.39 is 0 Å². The summed E-state index contributed by atoms with van der Waals surface area (Å²) in [4.78, 5) is 6.38. The van der Waals surface area contributed by atoms with Crippen LogP contribution in [0.15, 0.2) is 0 Å². The van der Waals surface area contributed by atoms with E-state index in [2.05, 4.69) is 33.0 Å². The van der Waals surface area contributed by atoms with Gasteiger partial charge in [0.25, 0.3) is 0 Å². The summed E-state index contributed by atoms with van der Waals surface area (Å²) in [6, 6.07) is 0.552. The minimum atomic E-state index is 0.552. The first kappa shape index (κ1) is 13.0. The molecule has 0 spiro atoms. The van der Waals surface area contributed by atoms with Gasteiger partial charge in [-0.3, -0.25) is 0 Å². The zero-order valence-electron chi connectivity index (χ0n) is 11.4. The maximum Gasteiger partial charge on any atom is 0.0959 e. The Balaban J connectivity index is 2.13. The van der Waals surface area contributed by atoms with Gasteiger partial charge in [-0.2, -0.15) is 0 Å². The molecule has 1 aliphatic carbocycles. The molecule has 0 aliphatic heterocycles. The standard InChI is InChI=1S/C14H24N2S/c1-5-10(4)14-16-13(11-6-7-11)12(17-14)8-15-9(2)3/h9-11,15H,5-8H2,1-4H3. The topological polar surface area (TPSA) is 24.9 Å². The number of hydrogen-bond donors (Lipinski definition) is 1. The van der Waals surface area contributed by atoms with Gasteiger partial charge in [0.05, 0.1) is 10.7 Å². The smallest absolute Gasteiger partial charge is 0.0959 e. The summed E-state index contributed by atoms with van der Waals surface area (Å²) in [5.41, 5.74) is 1.40. The highest BCUT2D eigenvalue weighted by molar-refractivity contribution is 7.11. The van der Waals surface area contributed by atoms with Crippen LogP contribution in [-0.2, 0) is 6.54 Å². The highest BCUT2D eigenvalue weighted by atomic mass is 32.1. The molecular formula is C14H24N2S. The number of rotatable bonds is 6. The van der Waals surface area contributed by atoms with E-state index in [1.165, 1.54) is 34.8 Å². The minimum Gasteiger partial charge on any atom is -0.310 e. The van der Waals surface area contributed by atoms with Crippen molar-refractivity contribution in [2.24, 2.45) is 0 Å². The van der Waals surface area contributed by atoms with Gasteiger partial charge in [-0.05, 0) is 19.3 Å². The van der Waals surface area contributed by atoms with Crippen LogP contribution in [0.1, 0.15) is 74.4 Å². The summed E-state index contributed by atoms with van der Waals surface area (Å²) < 4.78 is 0. The fourth-order valence-corrected chi connectivity index (χ4v) is 3.10. The van der Waals surface area contributed by atoms with Crippen LogP contribution in [-0.4, -0.2) is 11.0 Å². The molecule has 1 fully saturated rings. The van der Waals surface area contributed by atoms with Gasteiger partial charge in [0.15, 0.2) is 0 Å². The zero-order chi connectivity index (χ0) is 12.4. The van der Waals surface area contributed by atoms with Crippen molar-refractivity contribution in [2.75, 3.05) is 0 Å². The third kappa shape index (κ3) is 3.29. The van der Waals surface area contributed by atoms with E-state index in [1.54, 1.807) is 0 Å². The van der Waals surface area contributed by atoms with E-state index in [4.69, 9.17) is 4.98 Å². The predicted molar refractivity (Wildman–Crippen MR) is 74.8 cm³/mol. The first-order chi connectivity index (χ1) is 8.11. The molecule has 1 heterocycles. The van der Waals surface area contributed by atoms with Crippen molar-refractivity contribution >= 4 is 11.3 Å². The van der Waals surface area contributed by atoms with Crippen LogP contribution in [0.25, 0.3) is 0 Å². The van der Waals surface area contributed by atoms with Crippen LogP contribution in [0.4, 0.5) is 0 Å². The fraction of sp³-hybridized carbons (Fsp3) is 0.786. The minimum absolute atomic E-state index is 0.552. The summed E-state index contributed by atoms with van der Waals surface area (Å²) in [5.74, 6) is 1.39. The van der Waals surface area contributed by atoms with Crippen LogP contribution >= 0.6 is 11.3 Å². The van der Waals surface area contributed by atoms with Gasteiger partial charge < -0.3 is 5.32 Å². The monoisotopic (exact) mass is 252 g/mol. The van der Waals surface area contributed by atoms with Crippen molar-refractivity contribution in [1.82, 2.24) is 10.3 Å². The molecule has 1 aromatic rings. The van der Waals surface area contributed by atoms with E-state index in [0.29, 0.717) is 12.0 Å². The number of hydrogen-bond acceptors (Lipinski definition) is 3. The van der Waals surface area contributed by atoms with Gasteiger partial charge in [0.1, 0.15) is 0 Å². The summed E-state index contributed by atoms with van der Waals surface area (Å²) in [5, 5.41) is 4.87. The summed E-state index contributed by atoms with van der Waals surface area (Å²) in [6.45, 7) is 9.93. The molecule has 0 amide bonds. The lowest BCUT2D eigenvalue weighted by molar-refractivity contribution is 0.590. The van der Waals surface area contributed by atoms with E-state index in [1.807, 2.05) is 11.3 Å². The maximum atomic E-state index is 4.90. The Kier molecular flexibility index (Phi) is 4.21. The second-order valence-corrected chi connectivity index (χ2v) is 6.59. The van der Waals surface area contributed by atoms with Crippen LogP contribution in [0, 0.1) is 0 Å². The van der Waals surface area contributed by atoms with Gasteiger partial charge in [0.2, 0.25) is 0 Å². The molecule has 1 unspecified atom stereocenters. The summed E-state index contributed by atoms with van der Waals surface area (Å²) in [6.07, 6.45) is 3.88. The molecule has 1 saturated carbocycles. The number of nitrogens with zero attached hydrogens (tertiary/aromatic N) is 1. The average molecular weight is 252 g/mol. The van der Waals surface area contributed by atoms with Crippen molar-refractivity contribution in [3.63, 3.8) is 0 Å². The van der Waals surface area contributed by atoms with Crippen molar-refractivity contribution in [1.29, 1.82) is 0 Å². The van der Waals surface area contributed by atoms with E-state index in [9.17, 15) is 0 Å². The highest BCUT2D eigenvalue weighted by Gasteiger charge is 2.30. The predicted octanol–water partition coefficient (Wildman–Crippen LogP) is 4.03. The first-order valence-corrected chi connectivity index (χ1v) is 7.66. The lowest BCUT2D eigenvalue weighted by atomic mass is 10.1. The molecule has 2 rings (SSSR count). The van der Waals surface area contributed by atoms with Crippen molar-refractivity contribution in [3.8, 4) is 0 Å². The zero-order valence-corrected chi connectivity index (χ0v) is 12.2. The summed E-state index contributed by atoms with van der Waals surface area (Å²) >= 11 is 1.93. The molecule has 3 heteroatoms. The number of aromatic nitrogens is 1. The van der Waals surface area contributed by atoms with Crippen molar-refractivity contribution < 1.29 is 0 Å². The lowest BCUT2D eigenvalue weighted by Crippen LogP contribution is -2.21. The van der Waals surface area contributed by atoms with Crippen LogP contribution in [0.5, 0.6) is 0 Å². The normalized spacial score (nSPS) is 17.7. The Morgan fingerprint density at radius 2 is 2.06 bits per heavy atom.